The van der Waals surface area contributed by atoms with Crippen molar-refractivity contribution in [1.82, 2.24) is 0 Å². The molecule has 0 unspecified atom stereocenters. The van der Waals surface area contributed by atoms with E-state index in [0.717, 1.165) is 44.3 Å². The summed E-state index contributed by atoms with van der Waals surface area (Å²) in [4.78, 5) is 12.2. The fraction of sp³-hybridized carbons (Fsp3) is 0.731. The van der Waals surface area contributed by atoms with E-state index in [1.807, 2.05) is 13.0 Å². The van der Waals surface area contributed by atoms with Gasteiger partial charge in [-0.25, -0.2) is 0 Å². The molecule has 0 bridgehead atoms. The molecule has 1 heterocycles. The van der Waals surface area contributed by atoms with Crippen LogP contribution in [0.15, 0.2) is 10.5 Å². The third kappa shape index (κ3) is 2.45. The minimum atomic E-state index is -0.930. The third-order valence-electron chi connectivity index (χ3n) is 9.95. The number of hydrogen-bond donors (Lipinski definition) is 1. The van der Waals surface area contributed by atoms with Crippen molar-refractivity contribution in [3.8, 4) is 12.3 Å². The van der Waals surface area contributed by atoms with Crippen LogP contribution >= 0.6 is 0 Å². The van der Waals surface area contributed by atoms with Crippen molar-refractivity contribution in [3.63, 3.8) is 0 Å². The van der Waals surface area contributed by atoms with Crippen molar-refractivity contribution >= 4 is 5.78 Å². The summed E-state index contributed by atoms with van der Waals surface area (Å²) < 4.78 is 6.01. The number of carbonyl (C=O) groups is 1. The highest BCUT2D eigenvalue weighted by atomic mass is 16.3. The first-order valence-corrected chi connectivity index (χ1v) is 11.6. The maximum atomic E-state index is 12.2. The predicted octanol–water partition coefficient (Wildman–Crippen LogP) is 5.19. The van der Waals surface area contributed by atoms with Gasteiger partial charge in [-0.1, -0.05) is 26.7 Å². The van der Waals surface area contributed by atoms with Gasteiger partial charge in [-0.3, -0.25) is 4.79 Å². The topological polar surface area (TPSA) is 50.4 Å². The highest BCUT2D eigenvalue weighted by Crippen LogP contribution is 2.67. The third-order valence-corrected chi connectivity index (χ3v) is 9.95. The van der Waals surface area contributed by atoms with Gasteiger partial charge < -0.3 is 9.52 Å². The Balaban J connectivity index is 1.47. The summed E-state index contributed by atoms with van der Waals surface area (Å²) in [7, 11) is 0. The molecule has 5 rings (SSSR count). The van der Waals surface area contributed by atoms with Crippen molar-refractivity contribution in [2.75, 3.05) is 0 Å². The lowest BCUT2D eigenvalue weighted by atomic mass is 9.44. The van der Waals surface area contributed by atoms with Gasteiger partial charge in [0.05, 0.1) is 0 Å². The van der Waals surface area contributed by atoms with E-state index in [4.69, 9.17) is 10.8 Å². The lowest BCUT2D eigenvalue weighted by Crippen LogP contribution is -2.56. The van der Waals surface area contributed by atoms with Gasteiger partial charge in [0.15, 0.2) is 11.5 Å². The summed E-state index contributed by atoms with van der Waals surface area (Å²) in [5, 5.41) is 11.2. The molecule has 4 aliphatic rings. The fourth-order valence-electron chi connectivity index (χ4n) is 8.13. The Morgan fingerprint density at radius 1 is 1.24 bits per heavy atom. The average Bonchev–Trinajstić information content (AvgIpc) is 3.23. The molecule has 0 spiro atoms. The summed E-state index contributed by atoms with van der Waals surface area (Å²) in [5.41, 5.74) is 0.452. The first-order valence-electron chi connectivity index (χ1n) is 11.6. The molecule has 1 aromatic rings. The van der Waals surface area contributed by atoms with Crippen LogP contribution in [0.1, 0.15) is 87.6 Å². The van der Waals surface area contributed by atoms with Crippen molar-refractivity contribution < 1.29 is 14.3 Å². The minimum absolute atomic E-state index is 0.110. The molecule has 7 atom stereocenters. The van der Waals surface area contributed by atoms with Crippen LogP contribution in [-0.4, -0.2) is 16.5 Å². The number of furan rings is 1. The summed E-state index contributed by atoms with van der Waals surface area (Å²) in [6, 6.07) is 2.03. The number of carbonyl (C=O) groups excluding carboxylic acids is 1. The van der Waals surface area contributed by atoms with Gasteiger partial charge in [0.1, 0.15) is 11.4 Å². The van der Waals surface area contributed by atoms with Crippen LogP contribution in [0, 0.1) is 46.8 Å². The SMILES string of the molecule is C#C[C@]1(O)CC[C@H]2[C@@H]3CC[C@H]4Cc5oc(C(=O)CC)cc5C[C@]4(C)[C@H]3CC[C@@]21C. The Hall–Kier alpha value is -1.53. The minimum Gasteiger partial charge on any atom is -0.458 e. The normalized spacial score (nSPS) is 45.5. The Kier molecular flexibility index (Phi) is 4.18. The zero-order chi connectivity index (χ0) is 20.6. The summed E-state index contributed by atoms with van der Waals surface area (Å²) >= 11 is 0. The molecule has 4 aliphatic carbocycles. The molecule has 3 heteroatoms. The molecule has 0 aliphatic heterocycles. The van der Waals surface area contributed by atoms with Crippen LogP contribution < -0.4 is 0 Å². The molecule has 156 valence electrons. The second-order valence-corrected chi connectivity index (χ2v) is 10.9. The van der Waals surface area contributed by atoms with Gasteiger partial charge in [-0.15, -0.1) is 6.42 Å². The van der Waals surface area contributed by atoms with Crippen LogP contribution in [0.4, 0.5) is 0 Å². The quantitative estimate of drug-likeness (QED) is 0.554. The number of ketones is 1. The van der Waals surface area contributed by atoms with Crippen molar-refractivity contribution in [2.45, 2.75) is 84.2 Å². The molecule has 3 fully saturated rings. The summed E-state index contributed by atoms with van der Waals surface area (Å²) in [6.45, 7) is 6.65. The number of aliphatic hydroxyl groups is 1. The molecule has 29 heavy (non-hydrogen) atoms. The molecular formula is C26H34O3. The monoisotopic (exact) mass is 394 g/mol. The molecule has 1 aromatic heterocycles. The largest absolute Gasteiger partial charge is 0.458 e. The van der Waals surface area contributed by atoms with Crippen molar-refractivity contribution in [3.05, 3.63) is 23.2 Å². The molecular weight excluding hydrogens is 360 g/mol. The molecule has 1 N–H and O–H groups in total. The maximum Gasteiger partial charge on any atom is 0.197 e. The first-order chi connectivity index (χ1) is 13.8. The zero-order valence-electron chi connectivity index (χ0n) is 18.1. The lowest BCUT2D eigenvalue weighted by molar-refractivity contribution is -0.128. The van der Waals surface area contributed by atoms with Gasteiger partial charge in [-0.2, -0.15) is 0 Å². The maximum absolute atomic E-state index is 12.2. The van der Waals surface area contributed by atoms with Gasteiger partial charge in [0, 0.05) is 18.3 Å². The number of terminal acetylenes is 1. The van der Waals surface area contributed by atoms with Crippen LogP contribution in [0.5, 0.6) is 0 Å². The van der Waals surface area contributed by atoms with E-state index in [9.17, 15) is 9.90 Å². The van der Waals surface area contributed by atoms with Gasteiger partial charge in [0.25, 0.3) is 0 Å². The van der Waals surface area contributed by atoms with E-state index in [0.29, 0.717) is 35.9 Å². The van der Waals surface area contributed by atoms with E-state index in [2.05, 4.69) is 19.8 Å². The van der Waals surface area contributed by atoms with E-state index in [-0.39, 0.29) is 16.6 Å². The fourth-order valence-corrected chi connectivity index (χ4v) is 8.13. The Morgan fingerprint density at radius 3 is 2.72 bits per heavy atom. The highest BCUT2D eigenvalue weighted by molar-refractivity contribution is 5.93. The summed E-state index contributed by atoms with van der Waals surface area (Å²) in [6.07, 6.45) is 14.8. The van der Waals surface area contributed by atoms with Crippen molar-refractivity contribution in [1.29, 1.82) is 0 Å². The zero-order valence-corrected chi connectivity index (χ0v) is 18.1. The number of Topliss-reactive ketones (excluding diaryl/α,β-unsaturated/α-hetero) is 1. The Labute approximate surface area is 174 Å². The van der Waals surface area contributed by atoms with Crippen LogP contribution in [-0.2, 0) is 12.8 Å². The molecule has 0 amide bonds. The number of rotatable bonds is 2. The molecule has 0 radical (unpaired) electrons. The highest BCUT2D eigenvalue weighted by Gasteiger charge is 2.64. The number of fused-ring (bicyclic) bond motifs is 6. The predicted molar refractivity (Wildman–Crippen MR) is 112 cm³/mol. The van der Waals surface area contributed by atoms with Gasteiger partial charge >= 0.3 is 0 Å². The van der Waals surface area contributed by atoms with Gasteiger partial charge in [0.2, 0.25) is 0 Å². The average molecular weight is 395 g/mol. The lowest BCUT2D eigenvalue weighted by Gasteiger charge is -2.60. The van der Waals surface area contributed by atoms with E-state index in [1.165, 1.54) is 18.4 Å². The Bertz CT molecular complexity index is 890. The van der Waals surface area contributed by atoms with E-state index >= 15 is 0 Å². The van der Waals surface area contributed by atoms with Gasteiger partial charge in [-0.05, 0) is 85.7 Å². The van der Waals surface area contributed by atoms with Crippen LogP contribution in [0.3, 0.4) is 0 Å². The standard InChI is InChI=1S/C26H34O3/c1-5-21(27)23-13-16-15-24(3)17(14-22(16)29-23)7-8-18-19(24)9-11-25(4)20(18)10-12-26(25,28)6-2/h2,13,17-20,28H,5,7-12,14-15H2,1,3-4H3/t17-,18+,19-,20-,24-,25-,26-/m0/s1. The van der Waals surface area contributed by atoms with Crippen LogP contribution in [0.25, 0.3) is 0 Å². The molecule has 0 saturated heterocycles. The second-order valence-electron chi connectivity index (χ2n) is 10.9. The first kappa shape index (κ1) is 19.4. The Morgan fingerprint density at radius 2 is 2.00 bits per heavy atom. The van der Waals surface area contributed by atoms with E-state index in [1.54, 1.807) is 0 Å². The molecule has 3 saturated carbocycles. The summed E-state index contributed by atoms with van der Waals surface area (Å²) in [5.74, 6) is 7.00. The second kappa shape index (κ2) is 6.24. The van der Waals surface area contributed by atoms with Crippen LogP contribution in [0.2, 0.25) is 0 Å². The van der Waals surface area contributed by atoms with E-state index < -0.39 is 5.60 Å². The molecule has 3 nitrogen and oxygen atoms in total. The smallest absolute Gasteiger partial charge is 0.197 e. The van der Waals surface area contributed by atoms with Crippen molar-refractivity contribution in [2.24, 2.45) is 34.5 Å². The molecule has 0 aromatic carbocycles. The number of hydrogen-bond acceptors (Lipinski definition) is 3.